The minimum Gasteiger partial charge on any atom is -0.478 e. The van der Waals surface area contributed by atoms with Crippen molar-refractivity contribution >= 4 is 23.2 Å². The molecule has 0 saturated heterocycles. The van der Waals surface area contributed by atoms with Crippen LogP contribution < -0.4 is 5.73 Å². The molecule has 8 heavy (non-hydrogen) atoms. The Kier molecular flexibility index (Phi) is 2.79. The van der Waals surface area contributed by atoms with Gasteiger partial charge in [-0.05, 0) is 6.08 Å². The average molecular weight is 131 g/mol. The Morgan fingerprint density at radius 2 is 2.12 bits per heavy atom. The molecule has 4 heteroatoms. The molecular formula is C4H5NO2S. The molecule has 0 aromatic rings. The first-order chi connectivity index (χ1) is 3.63. The van der Waals surface area contributed by atoms with E-state index in [1.807, 2.05) is 0 Å². The second-order valence-electron chi connectivity index (χ2n) is 1.07. The first kappa shape index (κ1) is 7.10. The van der Waals surface area contributed by atoms with Gasteiger partial charge in [-0.1, -0.05) is 12.2 Å². The summed E-state index contributed by atoms with van der Waals surface area (Å²) in [5, 5.41) is 7.96. The van der Waals surface area contributed by atoms with Crippen molar-refractivity contribution in [1.82, 2.24) is 0 Å². The van der Waals surface area contributed by atoms with E-state index >= 15 is 0 Å². The van der Waals surface area contributed by atoms with Gasteiger partial charge >= 0.3 is 5.97 Å². The van der Waals surface area contributed by atoms with Crippen LogP contribution in [0.25, 0.3) is 0 Å². The summed E-state index contributed by atoms with van der Waals surface area (Å²) in [5.41, 5.74) is 4.92. The monoisotopic (exact) mass is 131 g/mol. The number of thiocarbonyl (C=S) groups is 1. The summed E-state index contributed by atoms with van der Waals surface area (Å²) in [6, 6.07) is 0. The topological polar surface area (TPSA) is 63.3 Å². The van der Waals surface area contributed by atoms with Crippen LogP contribution >= 0.6 is 12.2 Å². The molecule has 0 radical (unpaired) electrons. The highest BCUT2D eigenvalue weighted by atomic mass is 32.1. The molecule has 0 atom stereocenters. The van der Waals surface area contributed by atoms with Gasteiger partial charge in [0.05, 0.1) is 4.99 Å². The van der Waals surface area contributed by atoms with Gasteiger partial charge in [0.2, 0.25) is 0 Å². The lowest BCUT2D eigenvalue weighted by molar-refractivity contribution is -0.131. The van der Waals surface area contributed by atoms with E-state index in [1.54, 1.807) is 0 Å². The predicted octanol–water partition coefficient (Wildman–Crippen LogP) is -0.0867. The lowest BCUT2D eigenvalue weighted by atomic mass is 10.5. The summed E-state index contributed by atoms with van der Waals surface area (Å²) < 4.78 is 0. The Labute approximate surface area is 51.8 Å². The molecule has 0 saturated carbocycles. The van der Waals surface area contributed by atoms with Crippen LogP contribution in [0.1, 0.15) is 0 Å². The summed E-state index contributed by atoms with van der Waals surface area (Å²) >= 11 is 4.34. The zero-order valence-corrected chi connectivity index (χ0v) is 4.81. The molecule has 0 amide bonds. The second kappa shape index (κ2) is 3.15. The zero-order chi connectivity index (χ0) is 6.57. The lowest BCUT2D eigenvalue weighted by Gasteiger charge is -1.78. The maximum Gasteiger partial charge on any atom is 0.328 e. The summed E-state index contributed by atoms with van der Waals surface area (Å²) in [4.78, 5) is 9.78. The molecule has 44 valence electrons. The van der Waals surface area contributed by atoms with Crippen molar-refractivity contribution in [2.45, 2.75) is 0 Å². The molecule has 0 spiro atoms. The molecule has 0 unspecified atom stereocenters. The molecule has 0 bridgehead atoms. The number of nitrogens with two attached hydrogens (primary N) is 1. The van der Waals surface area contributed by atoms with Crippen LogP contribution in [0.3, 0.4) is 0 Å². The zero-order valence-electron chi connectivity index (χ0n) is 4.00. The molecular weight excluding hydrogens is 126 g/mol. The SMILES string of the molecule is NC(=S)/C=C/C(=O)O. The van der Waals surface area contributed by atoms with Crippen molar-refractivity contribution in [2.75, 3.05) is 0 Å². The van der Waals surface area contributed by atoms with E-state index in [9.17, 15) is 4.79 Å². The highest BCUT2D eigenvalue weighted by Crippen LogP contribution is 1.71. The van der Waals surface area contributed by atoms with Gasteiger partial charge in [-0.2, -0.15) is 0 Å². The third kappa shape index (κ3) is 5.10. The van der Waals surface area contributed by atoms with Gasteiger partial charge in [-0.15, -0.1) is 0 Å². The van der Waals surface area contributed by atoms with Crippen LogP contribution in [0.4, 0.5) is 0 Å². The molecule has 0 fully saturated rings. The number of hydrogen-bond acceptors (Lipinski definition) is 2. The standard InChI is InChI=1S/C4H5NO2S/c5-3(8)1-2-4(6)7/h1-2H,(H2,5,8)(H,6,7)/b2-1+. The number of rotatable bonds is 2. The van der Waals surface area contributed by atoms with Crippen LogP contribution in [0.5, 0.6) is 0 Å². The Hall–Kier alpha value is -0.900. The molecule has 0 aromatic heterocycles. The molecule has 0 heterocycles. The first-order valence-electron chi connectivity index (χ1n) is 1.83. The van der Waals surface area contributed by atoms with E-state index in [4.69, 9.17) is 10.8 Å². The highest BCUT2D eigenvalue weighted by Gasteiger charge is 1.83. The fourth-order valence-corrected chi connectivity index (χ4v) is 0.221. The van der Waals surface area contributed by atoms with Crippen molar-refractivity contribution in [3.05, 3.63) is 12.2 Å². The van der Waals surface area contributed by atoms with Crippen molar-refractivity contribution in [3.63, 3.8) is 0 Å². The van der Waals surface area contributed by atoms with Crippen LogP contribution in [0.2, 0.25) is 0 Å². The molecule has 0 aliphatic carbocycles. The Morgan fingerprint density at radius 1 is 1.62 bits per heavy atom. The van der Waals surface area contributed by atoms with Gasteiger partial charge < -0.3 is 10.8 Å². The van der Waals surface area contributed by atoms with E-state index in [0.717, 1.165) is 12.2 Å². The Morgan fingerprint density at radius 3 is 2.25 bits per heavy atom. The minimum atomic E-state index is -1.04. The quantitative estimate of drug-likeness (QED) is 0.406. The highest BCUT2D eigenvalue weighted by molar-refractivity contribution is 7.80. The molecule has 3 N–H and O–H groups in total. The number of aliphatic carboxylic acids is 1. The number of carbonyl (C=O) groups is 1. The number of hydrogen-bond donors (Lipinski definition) is 2. The maximum absolute atomic E-state index is 9.70. The third-order valence-corrected chi connectivity index (χ3v) is 0.526. The summed E-state index contributed by atoms with van der Waals surface area (Å²) in [6.45, 7) is 0. The van der Waals surface area contributed by atoms with Crippen molar-refractivity contribution in [2.24, 2.45) is 5.73 Å². The van der Waals surface area contributed by atoms with E-state index in [2.05, 4.69) is 12.2 Å². The van der Waals surface area contributed by atoms with E-state index in [0.29, 0.717) is 0 Å². The normalized spacial score (nSPS) is 9.50. The van der Waals surface area contributed by atoms with E-state index in [-0.39, 0.29) is 4.99 Å². The van der Waals surface area contributed by atoms with Crippen LogP contribution in [0.15, 0.2) is 12.2 Å². The summed E-state index contributed by atoms with van der Waals surface area (Å²) in [7, 11) is 0. The second-order valence-corrected chi connectivity index (χ2v) is 1.55. The third-order valence-electron chi connectivity index (χ3n) is 0.390. The average Bonchev–Trinajstić information content (AvgIpc) is 1.61. The fourth-order valence-electron chi connectivity index (χ4n) is 0.153. The van der Waals surface area contributed by atoms with Gasteiger partial charge in [0.1, 0.15) is 0 Å². The van der Waals surface area contributed by atoms with Crippen molar-refractivity contribution < 1.29 is 9.90 Å². The summed E-state index contributed by atoms with van der Waals surface area (Å²) in [6.07, 6.45) is 2.04. The smallest absolute Gasteiger partial charge is 0.328 e. The molecule has 0 rings (SSSR count). The van der Waals surface area contributed by atoms with E-state index < -0.39 is 5.97 Å². The fraction of sp³-hybridized carbons (Fsp3) is 0. The van der Waals surface area contributed by atoms with E-state index in [1.165, 1.54) is 0 Å². The van der Waals surface area contributed by atoms with Crippen molar-refractivity contribution in [3.8, 4) is 0 Å². The van der Waals surface area contributed by atoms with Gasteiger partial charge in [-0.3, -0.25) is 0 Å². The van der Waals surface area contributed by atoms with Crippen LogP contribution in [0, 0.1) is 0 Å². The van der Waals surface area contributed by atoms with Gasteiger partial charge in [-0.25, -0.2) is 4.79 Å². The number of carboxylic acids is 1. The minimum absolute atomic E-state index is 0.0763. The van der Waals surface area contributed by atoms with Gasteiger partial charge in [0, 0.05) is 6.08 Å². The Balaban J connectivity index is 3.67. The molecule has 0 aliphatic heterocycles. The Bertz CT molecular complexity index is 125. The predicted molar refractivity (Wildman–Crippen MR) is 33.6 cm³/mol. The number of carboxylic acid groups (broad SMARTS) is 1. The van der Waals surface area contributed by atoms with Gasteiger partial charge in [0.15, 0.2) is 0 Å². The first-order valence-corrected chi connectivity index (χ1v) is 2.24. The summed E-state index contributed by atoms with van der Waals surface area (Å²) in [5.74, 6) is -1.04. The molecule has 0 aliphatic rings. The van der Waals surface area contributed by atoms with Gasteiger partial charge in [0.25, 0.3) is 0 Å². The molecule has 3 nitrogen and oxygen atoms in total. The van der Waals surface area contributed by atoms with Crippen molar-refractivity contribution in [1.29, 1.82) is 0 Å². The largest absolute Gasteiger partial charge is 0.478 e. The van der Waals surface area contributed by atoms with Crippen LogP contribution in [-0.2, 0) is 4.79 Å². The van der Waals surface area contributed by atoms with Crippen LogP contribution in [-0.4, -0.2) is 16.1 Å². The maximum atomic E-state index is 9.70. The molecule has 0 aromatic carbocycles. The lowest BCUT2D eigenvalue weighted by Crippen LogP contribution is -2.03.